The van der Waals surface area contributed by atoms with Crippen molar-refractivity contribution < 1.29 is 9.47 Å². The first-order valence-corrected chi connectivity index (χ1v) is 5.92. The third-order valence-corrected chi connectivity index (χ3v) is 3.11. The van der Waals surface area contributed by atoms with Crippen LogP contribution < -0.4 is 19.7 Å². The van der Waals surface area contributed by atoms with Gasteiger partial charge in [-0.1, -0.05) is 6.07 Å². The topological polar surface area (TPSA) is 64.4 Å². The molecule has 0 saturated carbocycles. The van der Waals surface area contributed by atoms with Crippen LogP contribution in [0.2, 0.25) is 0 Å². The van der Waals surface area contributed by atoms with E-state index in [1.54, 1.807) is 0 Å². The minimum Gasteiger partial charge on any atom is -0.454 e. The summed E-state index contributed by atoms with van der Waals surface area (Å²) in [6.45, 7) is 0.251. The highest BCUT2D eigenvalue weighted by Gasteiger charge is 2.22. The third kappa shape index (κ3) is 1.74. The molecule has 0 spiro atoms. The van der Waals surface area contributed by atoms with Gasteiger partial charge in [0.2, 0.25) is 18.7 Å². The highest BCUT2D eigenvalue weighted by molar-refractivity contribution is 5.70. The van der Waals surface area contributed by atoms with Crippen molar-refractivity contribution in [3.8, 4) is 11.5 Å². The molecular weight excluding hydrogens is 246 g/mol. The monoisotopic (exact) mass is 261 g/mol. The molecule has 0 fully saturated rings. The van der Waals surface area contributed by atoms with Gasteiger partial charge in [-0.15, -0.1) is 10.2 Å². The third-order valence-electron chi connectivity index (χ3n) is 3.11. The Morgan fingerprint density at radius 3 is 2.89 bits per heavy atom. The molecule has 0 aliphatic carbocycles. The van der Waals surface area contributed by atoms with Crippen molar-refractivity contribution in [3.63, 3.8) is 0 Å². The van der Waals surface area contributed by atoms with Crippen molar-refractivity contribution in [2.75, 3.05) is 31.1 Å². The Bertz CT molecular complexity index is 610. The van der Waals surface area contributed by atoms with Gasteiger partial charge in [0.05, 0.1) is 5.69 Å². The minimum atomic E-state index is 0.251. The first-order valence-electron chi connectivity index (χ1n) is 5.92. The van der Waals surface area contributed by atoms with Crippen LogP contribution in [0.4, 0.5) is 17.6 Å². The van der Waals surface area contributed by atoms with E-state index in [1.165, 1.54) is 0 Å². The van der Waals surface area contributed by atoms with E-state index in [-0.39, 0.29) is 6.79 Å². The molecule has 3 rings (SSSR count). The summed E-state index contributed by atoms with van der Waals surface area (Å²) in [5.74, 6) is 2.90. The lowest BCUT2D eigenvalue weighted by atomic mass is 10.2. The predicted molar refractivity (Wildman–Crippen MR) is 71.2 cm³/mol. The Hall–Kier alpha value is -2.44. The maximum Gasteiger partial charge on any atom is 0.232 e. The molecule has 1 N–H and O–H groups in total. The fraction of sp³-hybridized carbons (Fsp3) is 0.333. The Morgan fingerprint density at radius 1 is 1.32 bits per heavy atom. The lowest BCUT2D eigenvalue weighted by Gasteiger charge is -2.19. The van der Waals surface area contributed by atoms with Gasteiger partial charge in [-0.3, -0.25) is 4.57 Å². The van der Waals surface area contributed by atoms with Gasteiger partial charge in [0.15, 0.2) is 11.5 Å². The number of rotatable bonds is 3. The molecule has 2 aromatic rings. The molecule has 0 amide bonds. The lowest BCUT2D eigenvalue weighted by Crippen LogP contribution is -2.15. The van der Waals surface area contributed by atoms with Gasteiger partial charge in [0.25, 0.3) is 0 Å². The number of nitrogens with one attached hydrogen (secondary N) is 1. The van der Waals surface area contributed by atoms with E-state index in [0.29, 0.717) is 11.9 Å². The van der Waals surface area contributed by atoms with Crippen molar-refractivity contribution in [3.05, 3.63) is 18.2 Å². The zero-order valence-corrected chi connectivity index (χ0v) is 11.0. The average molecular weight is 261 g/mol. The van der Waals surface area contributed by atoms with E-state index in [0.717, 1.165) is 17.2 Å². The molecule has 0 atom stereocenters. The van der Waals surface area contributed by atoms with Crippen LogP contribution in [-0.4, -0.2) is 35.7 Å². The van der Waals surface area contributed by atoms with Crippen LogP contribution in [0.15, 0.2) is 18.2 Å². The molecule has 0 bridgehead atoms. The molecule has 7 nitrogen and oxygen atoms in total. The van der Waals surface area contributed by atoms with Crippen LogP contribution in [-0.2, 0) is 7.05 Å². The van der Waals surface area contributed by atoms with Gasteiger partial charge in [-0.2, -0.15) is 0 Å². The number of hydrogen-bond donors (Lipinski definition) is 1. The number of anilines is 3. The van der Waals surface area contributed by atoms with Crippen molar-refractivity contribution >= 4 is 17.6 Å². The maximum absolute atomic E-state index is 5.51. The molecular formula is C12H15N5O2. The summed E-state index contributed by atoms with van der Waals surface area (Å²) < 4.78 is 12.8. The summed E-state index contributed by atoms with van der Waals surface area (Å²) in [6, 6.07) is 5.77. The normalized spacial score (nSPS) is 12.6. The summed E-state index contributed by atoms with van der Waals surface area (Å²) in [5, 5.41) is 11.2. The van der Waals surface area contributed by atoms with E-state index < -0.39 is 0 Å². The minimum absolute atomic E-state index is 0.251. The van der Waals surface area contributed by atoms with Gasteiger partial charge in [0.1, 0.15) is 0 Å². The molecule has 19 heavy (non-hydrogen) atoms. The quantitative estimate of drug-likeness (QED) is 0.899. The zero-order valence-electron chi connectivity index (χ0n) is 11.0. The molecule has 1 aliphatic rings. The van der Waals surface area contributed by atoms with Crippen molar-refractivity contribution in [1.29, 1.82) is 0 Å². The average Bonchev–Trinajstić information content (AvgIpc) is 3.03. The fourth-order valence-corrected chi connectivity index (χ4v) is 2.12. The summed E-state index contributed by atoms with van der Waals surface area (Å²) >= 11 is 0. The van der Waals surface area contributed by atoms with Gasteiger partial charge in [-0.05, 0) is 12.1 Å². The molecule has 100 valence electrons. The highest BCUT2D eigenvalue weighted by atomic mass is 16.7. The summed E-state index contributed by atoms with van der Waals surface area (Å²) in [6.07, 6.45) is 0. The van der Waals surface area contributed by atoms with Crippen molar-refractivity contribution in [2.45, 2.75) is 0 Å². The van der Waals surface area contributed by atoms with Crippen molar-refractivity contribution in [2.24, 2.45) is 7.05 Å². The Kier molecular flexibility index (Phi) is 2.66. The molecule has 0 saturated heterocycles. The number of fused-ring (bicyclic) bond motifs is 1. The summed E-state index contributed by atoms with van der Waals surface area (Å²) in [5.41, 5.74) is 0.896. The van der Waals surface area contributed by atoms with Crippen LogP contribution in [0.5, 0.6) is 11.5 Å². The Balaban J connectivity index is 2.02. The number of hydrogen-bond acceptors (Lipinski definition) is 6. The SMILES string of the molecule is CNc1nnc(N(C)c2cccc3c2OCO3)n1C. The van der Waals surface area contributed by atoms with Gasteiger partial charge >= 0.3 is 0 Å². The van der Waals surface area contributed by atoms with Crippen molar-refractivity contribution in [1.82, 2.24) is 14.8 Å². The number of benzene rings is 1. The largest absolute Gasteiger partial charge is 0.454 e. The van der Waals surface area contributed by atoms with Crippen LogP contribution in [0.1, 0.15) is 0 Å². The smallest absolute Gasteiger partial charge is 0.232 e. The molecule has 1 aromatic heterocycles. The number of ether oxygens (including phenoxy) is 2. The molecule has 0 unspecified atom stereocenters. The van der Waals surface area contributed by atoms with Gasteiger partial charge in [-0.25, -0.2) is 0 Å². The van der Waals surface area contributed by atoms with E-state index in [9.17, 15) is 0 Å². The number of para-hydroxylation sites is 1. The molecule has 1 aliphatic heterocycles. The predicted octanol–water partition coefficient (Wildman–Crippen LogP) is 1.35. The second kappa shape index (κ2) is 4.34. The van der Waals surface area contributed by atoms with Crippen LogP contribution in [0.25, 0.3) is 0 Å². The van der Waals surface area contributed by atoms with Crippen LogP contribution >= 0.6 is 0 Å². The van der Waals surface area contributed by atoms with E-state index in [4.69, 9.17) is 9.47 Å². The molecule has 2 heterocycles. The molecule has 0 radical (unpaired) electrons. The highest BCUT2D eigenvalue weighted by Crippen LogP contribution is 2.42. The van der Waals surface area contributed by atoms with E-state index in [2.05, 4.69) is 15.5 Å². The second-order valence-corrected chi connectivity index (χ2v) is 4.20. The Labute approximate surface area is 110 Å². The summed E-state index contributed by atoms with van der Waals surface area (Å²) in [4.78, 5) is 1.92. The molecule has 1 aromatic carbocycles. The fourth-order valence-electron chi connectivity index (χ4n) is 2.12. The molecule has 7 heteroatoms. The maximum atomic E-state index is 5.51. The van der Waals surface area contributed by atoms with Crippen LogP contribution in [0, 0.1) is 0 Å². The summed E-state index contributed by atoms with van der Waals surface area (Å²) in [7, 11) is 5.63. The number of aromatic nitrogens is 3. The lowest BCUT2D eigenvalue weighted by molar-refractivity contribution is 0.174. The second-order valence-electron chi connectivity index (χ2n) is 4.20. The van der Waals surface area contributed by atoms with Gasteiger partial charge < -0.3 is 19.7 Å². The zero-order chi connectivity index (χ0) is 13.4. The van der Waals surface area contributed by atoms with E-state index >= 15 is 0 Å². The van der Waals surface area contributed by atoms with Gasteiger partial charge in [0, 0.05) is 21.1 Å². The van der Waals surface area contributed by atoms with E-state index in [1.807, 2.05) is 48.8 Å². The first kappa shape index (κ1) is 11.6. The Morgan fingerprint density at radius 2 is 2.16 bits per heavy atom. The standard InChI is InChI=1S/C12H15N5O2/c1-13-11-14-15-12(17(11)3)16(2)8-5-4-6-9-10(8)19-7-18-9/h4-6H,7H2,1-3H3,(H,13,14). The number of nitrogens with zero attached hydrogens (tertiary/aromatic N) is 4. The first-order chi connectivity index (χ1) is 9.22. The van der Waals surface area contributed by atoms with Crippen LogP contribution in [0.3, 0.4) is 0 Å².